The van der Waals surface area contributed by atoms with Gasteiger partial charge in [-0.05, 0) is 72.7 Å². The Labute approximate surface area is 251 Å². The van der Waals surface area contributed by atoms with Crippen LogP contribution >= 0.6 is 11.8 Å². The molecule has 0 aliphatic rings. The number of carbonyl (C=O) groups excluding carboxylic acids is 3. The van der Waals surface area contributed by atoms with Crippen molar-refractivity contribution < 1.29 is 23.7 Å². The Morgan fingerprint density at radius 3 is 2.28 bits per heavy atom. The molecular weight excluding hydrogens is 571 g/mol. The molecule has 0 aliphatic heterocycles. The van der Waals surface area contributed by atoms with Gasteiger partial charge in [-0.2, -0.15) is 0 Å². The minimum absolute atomic E-state index is 0.0866. The molecule has 0 bridgehead atoms. The normalized spacial score (nSPS) is 11.7. The number of rotatable bonds is 11. The summed E-state index contributed by atoms with van der Waals surface area (Å²) in [6.07, 6.45) is 1.88. The molecule has 3 amide bonds. The summed E-state index contributed by atoms with van der Waals surface area (Å²) in [6.45, 7) is 1.84. The van der Waals surface area contributed by atoms with E-state index in [1.54, 1.807) is 60.7 Å². The van der Waals surface area contributed by atoms with Crippen molar-refractivity contribution in [2.75, 3.05) is 10.6 Å². The van der Waals surface area contributed by atoms with E-state index >= 15 is 0 Å². The summed E-state index contributed by atoms with van der Waals surface area (Å²) in [5.74, 6) is -2.03. The van der Waals surface area contributed by atoms with E-state index in [2.05, 4.69) is 16.0 Å². The van der Waals surface area contributed by atoms with E-state index in [0.29, 0.717) is 28.1 Å². The van der Waals surface area contributed by atoms with Crippen LogP contribution in [0.5, 0.6) is 0 Å². The van der Waals surface area contributed by atoms with E-state index in [0.717, 1.165) is 0 Å². The van der Waals surface area contributed by atoms with Crippen molar-refractivity contribution in [3.63, 3.8) is 0 Å². The summed E-state index contributed by atoms with van der Waals surface area (Å²) < 4.78 is 14.0. The molecule has 1 unspecified atom stereocenters. The molecule has 0 saturated carbocycles. The zero-order chi connectivity index (χ0) is 30.8. The molecule has 0 radical (unpaired) electrons. The molecule has 4 aromatic rings. The molecule has 1 atom stereocenters. The Balaban J connectivity index is 1.52. The van der Waals surface area contributed by atoms with Gasteiger partial charge in [0, 0.05) is 28.3 Å². The third kappa shape index (κ3) is 8.60. The van der Waals surface area contributed by atoms with Gasteiger partial charge in [0.25, 0.3) is 17.5 Å². The van der Waals surface area contributed by atoms with Crippen LogP contribution in [0.2, 0.25) is 0 Å². The summed E-state index contributed by atoms with van der Waals surface area (Å²) in [5, 5.41) is 18.5. The maximum absolute atomic E-state index is 14.0. The Hall–Kier alpha value is -5.29. The summed E-state index contributed by atoms with van der Waals surface area (Å²) in [7, 11) is 0. The van der Waals surface area contributed by atoms with Crippen LogP contribution in [0.1, 0.15) is 29.3 Å². The van der Waals surface area contributed by atoms with Crippen molar-refractivity contribution >= 4 is 52.6 Å². The van der Waals surface area contributed by atoms with Crippen molar-refractivity contribution in [3.8, 4) is 0 Å². The minimum atomic E-state index is -0.630. The van der Waals surface area contributed by atoms with Crippen LogP contribution in [-0.4, -0.2) is 27.9 Å². The highest BCUT2D eigenvalue weighted by Crippen LogP contribution is 2.29. The molecule has 0 aromatic heterocycles. The number of hydrogen-bond acceptors (Lipinski definition) is 6. The van der Waals surface area contributed by atoms with Crippen LogP contribution in [0.4, 0.5) is 21.5 Å². The van der Waals surface area contributed by atoms with Gasteiger partial charge < -0.3 is 16.0 Å². The number of benzene rings is 4. The first-order valence-electron chi connectivity index (χ1n) is 13.2. The van der Waals surface area contributed by atoms with E-state index in [-0.39, 0.29) is 23.0 Å². The molecule has 218 valence electrons. The smallest absolute Gasteiger partial charge is 0.272 e. The van der Waals surface area contributed by atoms with E-state index in [1.807, 2.05) is 6.92 Å². The highest BCUT2D eigenvalue weighted by molar-refractivity contribution is 8.00. The number of hydrogen-bond donors (Lipinski definition) is 3. The molecule has 0 spiro atoms. The lowest BCUT2D eigenvalue weighted by Gasteiger charge is -2.16. The first kappa shape index (κ1) is 30.7. The topological polar surface area (TPSA) is 130 Å². The van der Waals surface area contributed by atoms with Crippen LogP contribution in [0.25, 0.3) is 6.08 Å². The van der Waals surface area contributed by atoms with Gasteiger partial charge in [0.2, 0.25) is 5.91 Å². The lowest BCUT2D eigenvalue weighted by Crippen LogP contribution is -2.30. The fourth-order valence-corrected chi connectivity index (χ4v) is 4.92. The number of nitro benzene ring substituents is 1. The van der Waals surface area contributed by atoms with E-state index in [4.69, 9.17) is 0 Å². The highest BCUT2D eigenvalue weighted by Gasteiger charge is 2.20. The third-order valence-electron chi connectivity index (χ3n) is 6.11. The number of thioether (sulfide) groups is 1. The zero-order valence-corrected chi connectivity index (χ0v) is 23.8. The monoisotopic (exact) mass is 598 g/mol. The number of carbonyl (C=O) groups is 3. The molecule has 0 heterocycles. The van der Waals surface area contributed by atoms with Crippen LogP contribution in [0.15, 0.2) is 114 Å². The number of nitrogens with zero attached hydrogens (tertiary/aromatic N) is 1. The second-order valence-electron chi connectivity index (χ2n) is 9.19. The summed E-state index contributed by atoms with van der Waals surface area (Å²) in [4.78, 5) is 50.3. The van der Waals surface area contributed by atoms with Crippen molar-refractivity contribution in [3.05, 3.63) is 136 Å². The van der Waals surface area contributed by atoms with Crippen LogP contribution in [0.3, 0.4) is 0 Å². The number of amides is 3. The molecule has 3 N–H and O–H groups in total. The lowest BCUT2D eigenvalue weighted by atomic mass is 10.1. The molecule has 4 aromatic carbocycles. The predicted molar refractivity (Wildman–Crippen MR) is 165 cm³/mol. The SMILES string of the molecule is CCC(Sc1cccc(NC(=O)/C(=C\c2ccc([N+](=O)[O-])cc2)NC(=O)c2ccccc2)c1)C(=O)Nc1ccccc1F. The molecule has 0 saturated heterocycles. The average molecular weight is 599 g/mol. The summed E-state index contributed by atoms with van der Waals surface area (Å²) in [6, 6.07) is 26.6. The Morgan fingerprint density at radius 2 is 1.60 bits per heavy atom. The number of halogens is 1. The van der Waals surface area contributed by atoms with Gasteiger partial charge in [-0.3, -0.25) is 24.5 Å². The number of nitro groups is 1. The zero-order valence-electron chi connectivity index (χ0n) is 23.0. The van der Waals surface area contributed by atoms with Crippen molar-refractivity contribution in [1.29, 1.82) is 0 Å². The standard InChI is InChI=1S/C32H27FN4O5S/c1-2-29(32(40)35-27-14-7-6-13-26(27)33)43-25-12-8-11-23(20-25)34-31(39)28(36-30(38)22-9-4-3-5-10-22)19-21-15-17-24(18-16-21)37(41)42/h3-20,29H,2H2,1H3,(H,34,39)(H,35,40)(H,36,38)/b28-19+. The minimum Gasteiger partial charge on any atom is -0.323 e. The van der Waals surface area contributed by atoms with Crippen LogP contribution < -0.4 is 16.0 Å². The van der Waals surface area contributed by atoms with Gasteiger partial charge in [0.15, 0.2) is 0 Å². The Morgan fingerprint density at radius 1 is 0.907 bits per heavy atom. The predicted octanol–water partition coefficient (Wildman–Crippen LogP) is 6.65. The Bertz CT molecular complexity index is 1660. The van der Waals surface area contributed by atoms with Gasteiger partial charge in [0.05, 0.1) is 15.9 Å². The largest absolute Gasteiger partial charge is 0.323 e. The van der Waals surface area contributed by atoms with Crippen molar-refractivity contribution in [2.45, 2.75) is 23.5 Å². The first-order valence-corrected chi connectivity index (χ1v) is 14.1. The molecule has 9 nitrogen and oxygen atoms in total. The summed E-state index contributed by atoms with van der Waals surface area (Å²) >= 11 is 1.26. The fraction of sp³-hybridized carbons (Fsp3) is 0.0938. The third-order valence-corrected chi connectivity index (χ3v) is 7.47. The second-order valence-corrected chi connectivity index (χ2v) is 10.5. The molecule has 0 fully saturated rings. The fourth-order valence-electron chi connectivity index (χ4n) is 3.91. The molecule has 0 aliphatic carbocycles. The molecule has 43 heavy (non-hydrogen) atoms. The number of non-ortho nitro benzene ring substituents is 1. The molecular formula is C32H27FN4O5S. The quantitative estimate of drug-likeness (QED) is 0.0767. The van der Waals surface area contributed by atoms with Crippen LogP contribution in [0, 0.1) is 15.9 Å². The van der Waals surface area contributed by atoms with E-state index < -0.39 is 27.8 Å². The maximum atomic E-state index is 14.0. The van der Waals surface area contributed by atoms with E-state index in [1.165, 1.54) is 60.3 Å². The number of para-hydroxylation sites is 1. The van der Waals surface area contributed by atoms with Gasteiger partial charge in [-0.1, -0.05) is 43.3 Å². The van der Waals surface area contributed by atoms with E-state index in [9.17, 15) is 28.9 Å². The summed E-state index contributed by atoms with van der Waals surface area (Å²) in [5.41, 5.74) is 1.10. The van der Waals surface area contributed by atoms with Crippen molar-refractivity contribution in [1.82, 2.24) is 5.32 Å². The van der Waals surface area contributed by atoms with Gasteiger partial charge in [0.1, 0.15) is 11.5 Å². The molecule has 11 heteroatoms. The van der Waals surface area contributed by atoms with Gasteiger partial charge in [-0.25, -0.2) is 4.39 Å². The maximum Gasteiger partial charge on any atom is 0.272 e. The first-order chi connectivity index (χ1) is 20.7. The highest BCUT2D eigenvalue weighted by atomic mass is 32.2. The van der Waals surface area contributed by atoms with Crippen molar-refractivity contribution in [2.24, 2.45) is 0 Å². The Kier molecular flexibility index (Phi) is 10.4. The average Bonchev–Trinajstić information content (AvgIpc) is 3.01. The van der Waals surface area contributed by atoms with Gasteiger partial charge in [-0.15, -0.1) is 11.8 Å². The lowest BCUT2D eigenvalue weighted by molar-refractivity contribution is -0.384. The van der Waals surface area contributed by atoms with Crippen LogP contribution in [-0.2, 0) is 9.59 Å². The molecule has 4 rings (SSSR count). The second kappa shape index (κ2) is 14.6. The van der Waals surface area contributed by atoms with Gasteiger partial charge >= 0.3 is 0 Å². The number of nitrogens with one attached hydrogen (secondary N) is 3. The number of anilines is 2.